The first-order valence-electron chi connectivity index (χ1n) is 7.26. The predicted octanol–water partition coefficient (Wildman–Crippen LogP) is 3.30. The van der Waals surface area contributed by atoms with Gasteiger partial charge in [0.2, 0.25) is 11.7 Å². The molecular formula is C16H23N3O2. The summed E-state index contributed by atoms with van der Waals surface area (Å²) < 4.78 is 10.8. The van der Waals surface area contributed by atoms with E-state index in [4.69, 9.17) is 9.26 Å². The minimum atomic E-state index is -0.480. The molecule has 0 aliphatic heterocycles. The molecular weight excluding hydrogens is 266 g/mol. The molecule has 21 heavy (non-hydrogen) atoms. The lowest BCUT2D eigenvalue weighted by Crippen LogP contribution is -2.24. The number of aromatic nitrogens is 2. The maximum Gasteiger partial charge on any atom is 0.228 e. The third-order valence-electron chi connectivity index (χ3n) is 3.79. The molecule has 1 unspecified atom stereocenters. The van der Waals surface area contributed by atoms with Crippen molar-refractivity contribution in [1.29, 1.82) is 0 Å². The quantitative estimate of drug-likeness (QED) is 0.847. The van der Waals surface area contributed by atoms with Crippen LogP contribution >= 0.6 is 0 Å². The van der Waals surface area contributed by atoms with Crippen LogP contribution in [-0.4, -0.2) is 23.8 Å². The number of ether oxygens (including phenoxy) is 1. The number of hydrogen-bond acceptors (Lipinski definition) is 5. The first-order chi connectivity index (χ1) is 10.1. The predicted molar refractivity (Wildman–Crippen MR) is 82.3 cm³/mol. The van der Waals surface area contributed by atoms with Crippen LogP contribution in [-0.2, 0) is 16.8 Å². The van der Waals surface area contributed by atoms with E-state index in [1.807, 2.05) is 13.8 Å². The third-order valence-corrected chi connectivity index (χ3v) is 3.79. The van der Waals surface area contributed by atoms with E-state index in [0.717, 1.165) is 18.7 Å². The monoisotopic (exact) mass is 289 g/mol. The lowest BCUT2D eigenvalue weighted by Gasteiger charge is -2.21. The Bertz CT molecular complexity index is 559. The van der Waals surface area contributed by atoms with Crippen molar-refractivity contribution in [2.75, 3.05) is 19.0 Å². The molecule has 2 rings (SSSR count). The largest absolute Gasteiger partial charge is 0.385 e. The van der Waals surface area contributed by atoms with Crippen molar-refractivity contribution < 1.29 is 9.26 Å². The molecule has 1 aromatic heterocycles. The van der Waals surface area contributed by atoms with Crippen molar-refractivity contribution in [2.24, 2.45) is 0 Å². The topological polar surface area (TPSA) is 60.2 Å². The molecule has 0 spiro atoms. The second-order valence-electron chi connectivity index (χ2n) is 5.34. The van der Waals surface area contributed by atoms with E-state index in [9.17, 15) is 0 Å². The van der Waals surface area contributed by atoms with Crippen LogP contribution in [0, 0.1) is 6.92 Å². The van der Waals surface area contributed by atoms with Crippen LogP contribution in [0.5, 0.6) is 0 Å². The highest BCUT2D eigenvalue weighted by Gasteiger charge is 2.29. The van der Waals surface area contributed by atoms with E-state index in [2.05, 4.69) is 46.6 Å². The molecule has 0 radical (unpaired) electrons. The zero-order valence-electron chi connectivity index (χ0n) is 13.1. The van der Waals surface area contributed by atoms with Gasteiger partial charge in [-0.15, -0.1) is 0 Å². The SMILES string of the molecule is CCC(C)(OC)c1noc(CCNc2ccc(C)cc2)n1. The van der Waals surface area contributed by atoms with Crippen LogP contribution in [0.4, 0.5) is 5.69 Å². The molecule has 5 nitrogen and oxygen atoms in total. The fourth-order valence-corrected chi connectivity index (χ4v) is 1.95. The minimum absolute atomic E-state index is 0.480. The molecule has 0 amide bonds. The maximum absolute atomic E-state index is 5.47. The number of rotatable bonds is 7. The smallest absolute Gasteiger partial charge is 0.228 e. The Labute approximate surface area is 125 Å². The van der Waals surface area contributed by atoms with Gasteiger partial charge in [0.25, 0.3) is 0 Å². The molecule has 1 atom stereocenters. The molecule has 0 aliphatic rings. The first-order valence-corrected chi connectivity index (χ1v) is 7.26. The molecule has 1 aromatic carbocycles. The van der Waals surface area contributed by atoms with E-state index in [-0.39, 0.29) is 0 Å². The average molecular weight is 289 g/mol. The summed E-state index contributed by atoms with van der Waals surface area (Å²) in [5, 5.41) is 7.37. The lowest BCUT2D eigenvalue weighted by molar-refractivity contribution is -0.0106. The Morgan fingerprint density at radius 2 is 2.00 bits per heavy atom. The number of methoxy groups -OCH3 is 1. The Morgan fingerprint density at radius 1 is 1.29 bits per heavy atom. The van der Waals surface area contributed by atoms with Crippen molar-refractivity contribution in [3.63, 3.8) is 0 Å². The van der Waals surface area contributed by atoms with Crippen LogP contribution < -0.4 is 5.32 Å². The number of benzene rings is 1. The van der Waals surface area contributed by atoms with E-state index in [1.165, 1.54) is 5.56 Å². The van der Waals surface area contributed by atoms with Gasteiger partial charge in [-0.05, 0) is 32.4 Å². The van der Waals surface area contributed by atoms with Gasteiger partial charge in [0.15, 0.2) is 0 Å². The summed E-state index contributed by atoms with van der Waals surface area (Å²) in [5.41, 5.74) is 1.86. The normalized spacial score (nSPS) is 13.9. The number of nitrogens with zero attached hydrogens (tertiary/aromatic N) is 2. The Kier molecular flexibility index (Phi) is 4.96. The fourth-order valence-electron chi connectivity index (χ4n) is 1.95. The molecule has 0 bridgehead atoms. The zero-order valence-corrected chi connectivity index (χ0v) is 13.1. The second kappa shape index (κ2) is 6.72. The Balaban J connectivity index is 1.90. The highest BCUT2D eigenvalue weighted by molar-refractivity contribution is 5.44. The van der Waals surface area contributed by atoms with Crippen molar-refractivity contribution in [2.45, 2.75) is 39.2 Å². The summed E-state index contributed by atoms with van der Waals surface area (Å²) in [6.45, 7) is 6.83. The van der Waals surface area contributed by atoms with Crippen molar-refractivity contribution in [1.82, 2.24) is 10.1 Å². The molecule has 0 fully saturated rings. The van der Waals surface area contributed by atoms with Gasteiger partial charge in [-0.3, -0.25) is 0 Å². The molecule has 0 aliphatic carbocycles. The van der Waals surface area contributed by atoms with Crippen molar-refractivity contribution in [3.05, 3.63) is 41.5 Å². The highest BCUT2D eigenvalue weighted by atomic mass is 16.5. The Hall–Kier alpha value is -1.88. The van der Waals surface area contributed by atoms with Crippen LogP contribution in [0.3, 0.4) is 0 Å². The minimum Gasteiger partial charge on any atom is -0.385 e. The van der Waals surface area contributed by atoms with Gasteiger partial charge in [-0.1, -0.05) is 29.8 Å². The van der Waals surface area contributed by atoms with Gasteiger partial charge in [0.1, 0.15) is 5.60 Å². The molecule has 1 heterocycles. The number of nitrogens with one attached hydrogen (secondary N) is 1. The van der Waals surface area contributed by atoms with Gasteiger partial charge in [-0.25, -0.2) is 0 Å². The lowest BCUT2D eigenvalue weighted by atomic mass is 10.0. The van der Waals surface area contributed by atoms with Gasteiger partial charge >= 0.3 is 0 Å². The first kappa shape index (κ1) is 15.5. The maximum atomic E-state index is 5.47. The summed E-state index contributed by atoms with van der Waals surface area (Å²) in [5.74, 6) is 1.24. The molecule has 2 aromatic rings. The van der Waals surface area contributed by atoms with Crippen LogP contribution in [0.1, 0.15) is 37.5 Å². The standard InChI is InChI=1S/C16H23N3O2/c1-5-16(3,20-4)15-18-14(21-19-15)10-11-17-13-8-6-12(2)7-9-13/h6-9,17H,5,10-11H2,1-4H3. The number of hydrogen-bond donors (Lipinski definition) is 1. The highest BCUT2D eigenvalue weighted by Crippen LogP contribution is 2.25. The van der Waals surface area contributed by atoms with Gasteiger partial charge in [0, 0.05) is 25.8 Å². The summed E-state index contributed by atoms with van der Waals surface area (Å²) in [6, 6.07) is 8.29. The zero-order chi connectivity index (χ0) is 15.3. The molecule has 0 saturated heterocycles. The van der Waals surface area contributed by atoms with Gasteiger partial charge in [-0.2, -0.15) is 4.98 Å². The summed E-state index contributed by atoms with van der Waals surface area (Å²) in [4.78, 5) is 4.43. The fraction of sp³-hybridized carbons (Fsp3) is 0.500. The third kappa shape index (κ3) is 3.82. The second-order valence-corrected chi connectivity index (χ2v) is 5.34. The van der Waals surface area contributed by atoms with Crippen molar-refractivity contribution in [3.8, 4) is 0 Å². The summed E-state index contributed by atoms with van der Waals surface area (Å²) in [7, 11) is 1.67. The average Bonchev–Trinajstić information content (AvgIpc) is 2.98. The number of aryl methyl sites for hydroxylation is 1. The van der Waals surface area contributed by atoms with E-state index in [0.29, 0.717) is 18.1 Å². The molecule has 5 heteroatoms. The van der Waals surface area contributed by atoms with E-state index in [1.54, 1.807) is 7.11 Å². The summed E-state index contributed by atoms with van der Waals surface area (Å²) >= 11 is 0. The molecule has 0 saturated carbocycles. The number of anilines is 1. The van der Waals surface area contributed by atoms with Gasteiger partial charge in [0.05, 0.1) is 0 Å². The molecule has 1 N–H and O–H groups in total. The van der Waals surface area contributed by atoms with E-state index >= 15 is 0 Å². The van der Waals surface area contributed by atoms with Crippen LogP contribution in [0.2, 0.25) is 0 Å². The van der Waals surface area contributed by atoms with Crippen LogP contribution in [0.15, 0.2) is 28.8 Å². The van der Waals surface area contributed by atoms with Gasteiger partial charge < -0.3 is 14.6 Å². The van der Waals surface area contributed by atoms with E-state index < -0.39 is 5.60 Å². The molecule has 114 valence electrons. The van der Waals surface area contributed by atoms with Crippen LogP contribution in [0.25, 0.3) is 0 Å². The Morgan fingerprint density at radius 3 is 2.62 bits per heavy atom. The summed E-state index contributed by atoms with van der Waals surface area (Å²) in [6.07, 6.45) is 1.48. The van der Waals surface area contributed by atoms with Crippen molar-refractivity contribution >= 4 is 5.69 Å².